The van der Waals surface area contributed by atoms with E-state index in [1.165, 1.54) is 26.8 Å². The number of fused-ring (bicyclic) bond motifs is 2. The van der Waals surface area contributed by atoms with Gasteiger partial charge in [0, 0.05) is 22.6 Å². The Hall–Kier alpha value is -3.17. The SMILES string of the molecule is C=[n+]1ccc(=C2C=Cc3sccc3[N-]2)cc1-c1cc(C(C)(C)C)c2ccccc2c1. The lowest BCUT2D eigenvalue weighted by Crippen LogP contribution is -2.22. The molecular formula is C27H24N2S. The van der Waals surface area contributed by atoms with Crippen molar-refractivity contribution in [3.63, 3.8) is 0 Å². The number of hydrogen-bond donors (Lipinski definition) is 0. The Kier molecular flexibility index (Phi) is 4.37. The number of nitrogens with zero attached hydrogens (tertiary/aromatic N) is 2. The molecule has 0 saturated carbocycles. The first kappa shape index (κ1) is 18.8. The predicted octanol–water partition coefficient (Wildman–Crippen LogP) is 6.63. The number of hydrogen-bond acceptors (Lipinski definition) is 1. The Morgan fingerprint density at radius 1 is 0.967 bits per heavy atom. The molecule has 0 N–H and O–H groups in total. The van der Waals surface area contributed by atoms with Crippen molar-refractivity contribution >= 4 is 39.6 Å². The molecule has 0 fully saturated rings. The molecule has 3 heteroatoms. The van der Waals surface area contributed by atoms with Crippen LogP contribution in [0.25, 0.3) is 39.1 Å². The molecule has 0 aliphatic carbocycles. The van der Waals surface area contributed by atoms with E-state index in [4.69, 9.17) is 5.32 Å². The molecule has 0 saturated heterocycles. The molecule has 4 aromatic rings. The van der Waals surface area contributed by atoms with Crippen LogP contribution in [-0.4, -0.2) is 0 Å². The van der Waals surface area contributed by atoms with Crippen LogP contribution in [0.3, 0.4) is 0 Å². The van der Waals surface area contributed by atoms with Gasteiger partial charge >= 0.3 is 0 Å². The van der Waals surface area contributed by atoms with Crippen LogP contribution in [0, 0.1) is 6.72 Å². The summed E-state index contributed by atoms with van der Waals surface area (Å²) in [5.74, 6) is 0. The van der Waals surface area contributed by atoms with E-state index in [2.05, 4.69) is 99.6 Å². The van der Waals surface area contributed by atoms with E-state index in [0.717, 1.165) is 22.3 Å². The van der Waals surface area contributed by atoms with Gasteiger partial charge in [-0.25, -0.2) is 0 Å². The summed E-state index contributed by atoms with van der Waals surface area (Å²) >= 11 is 1.72. The highest BCUT2D eigenvalue weighted by molar-refractivity contribution is 7.11. The number of rotatable bonds is 1. The Balaban J connectivity index is 1.73. The van der Waals surface area contributed by atoms with Crippen molar-refractivity contribution in [2.75, 3.05) is 0 Å². The van der Waals surface area contributed by atoms with E-state index in [1.807, 2.05) is 10.4 Å². The maximum absolute atomic E-state index is 4.86. The summed E-state index contributed by atoms with van der Waals surface area (Å²) in [5, 5.41) is 10.6. The predicted molar refractivity (Wildman–Crippen MR) is 128 cm³/mol. The van der Waals surface area contributed by atoms with Crippen LogP contribution < -0.4 is 9.46 Å². The lowest BCUT2D eigenvalue weighted by atomic mass is 9.82. The van der Waals surface area contributed by atoms with Crippen molar-refractivity contribution in [1.29, 1.82) is 0 Å². The van der Waals surface area contributed by atoms with Crippen LogP contribution in [0.15, 0.2) is 72.3 Å². The fourth-order valence-corrected chi connectivity index (χ4v) is 4.75. The number of aromatic nitrogens is 1. The van der Waals surface area contributed by atoms with E-state index >= 15 is 0 Å². The number of benzene rings is 2. The molecule has 5 rings (SSSR count). The molecule has 0 atom stereocenters. The summed E-state index contributed by atoms with van der Waals surface area (Å²) in [7, 11) is 0. The fourth-order valence-electron chi connectivity index (χ4n) is 4.03. The fraction of sp³-hybridized carbons (Fsp3) is 0.148. The van der Waals surface area contributed by atoms with Gasteiger partial charge in [0.15, 0.2) is 6.20 Å². The molecule has 0 bridgehead atoms. The maximum Gasteiger partial charge on any atom is 0.217 e. The second-order valence-electron chi connectivity index (χ2n) is 8.77. The summed E-state index contributed by atoms with van der Waals surface area (Å²) < 4.78 is 1.95. The van der Waals surface area contributed by atoms with Gasteiger partial charge < -0.3 is 5.32 Å². The first-order chi connectivity index (χ1) is 14.4. The van der Waals surface area contributed by atoms with E-state index in [-0.39, 0.29) is 5.41 Å². The highest BCUT2D eigenvalue weighted by Gasteiger charge is 2.20. The van der Waals surface area contributed by atoms with E-state index in [9.17, 15) is 0 Å². The molecular weight excluding hydrogens is 384 g/mol. The van der Waals surface area contributed by atoms with Crippen LogP contribution in [-0.2, 0) is 5.41 Å². The average Bonchev–Trinajstić information content (AvgIpc) is 3.20. The van der Waals surface area contributed by atoms with Crippen LogP contribution in [0.4, 0.5) is 5.69 Å². The minimum absolute atomic E-state index is 0.0464. The third-order valence-corrected chi connectivity index (χ3v) is 6.48. The lowest BCUT2D eigenvalue weighted by molar-refractivity contribution is -0.486. The average molecular weight is 409 g/mol. The molecule has 0 unspecified atom stereocenters. The molecule has 2 aromatic carbocycles. The van der Waals surface area contributed by atoms with Crippen LogP contribution in [0.5, 0.6) is 0 Å². The van der Waals surface area contributed by atoms with Gasteiger partial charge in [0.05, 0.1) is 0 Å². The smallest absolute Gasteiger partial charge is 0.217 e. The van der Waals surface area contributed by atoms with E-state index in [0.29, 0.717) is 0 Å². The van der Waals surface area contributed by atoms with Gasteiger partial charge in [-0.2, -0.15) is 4.24 Å². The topological polar surface area (TPSA) is 20.0 Å². The van der Waals surface area contributed by atoms with Gasteiger partial charge in [-0.15, -0.1) is 22.7 Å². The van der Waals surface area contributed by atoms with Crippen molar-refractivity contribution < 1.29 is 4.24 Å². The zero-order chi connectivity index (χ0) is 20.9. The second kappa shape index (κ2) is 6.96. The molecule has 3 heterocycles. The summed E-state index contributed by atoms with van der Waals surface area (Å²) in [6.07, 6.45) is 6.28. The summed E-state index contributed by atoms with van der Waals surface area (Å²) in [4.78, 5) is 1.21. The standard InChI is InChI=1S/C27H24N2S/c1-27(2,3)22-16-20(15-18-7-5-6-8-21(18)22)25-17-19(11-13-29(25)4)23-9-10-26-24(28-23)12-14-30-26/h5-17H,4H2,1-3H3. The molecule has 1 aliphatic heterocycles. The third kappa shape index (κ3) is 3.25. The quantitative estimate of drug-likeness (QED) is 0.315. The van der Waals surface area contributed by atoms with Gasteiger partial charge in [-0.3, -0.25) is 0 Å². The molecule has 0 radical (unpaired) electrons. The minimum atomic E-state index is 0.0464. The Morgan fingerprint density at radius 2 is 1.80 bits per heavy atom. The second-order valence-corrected chi connectivity index (χ2v) is 9.71. The zero-order valence-corrected chi connectivity index (χ0v) is 18.3. The van der Waals surface area contributed by atoms with Crippen molar-refractivity contribution in [2.24, 2.45) is 0 Å². The van der Waals surface area contributed by atoms with Crippen molar-refractivity contribution in [3.8, 4) is 11.3 Å². The van der Waals surface area contributed by atoms with Gasteiger partial charge in [0.2, 0.25) is 5.69 Å². The van der Waals surface area contributed by atoms with E-state index in [1.54, 1.807) is 11.3 Å². The molecule has 2 aromatic heterocycles. The maximum atomic E-state index is 4.86. The largest absolute Gasteiger partial charge is 0.656 e. The van der Waals surface area contributed by atoms with E-state index < -0.39 is 0 Å². The van der Waals surface area contributed by atoms with Crippen LogP contribution >= 0.6 is 11.3 Å². The first-order valence-corrected chi connectivity index (χ1v) is 11.0. The Labute approximate surface area is 181 Å². The normalized spacial score (nSPS) is 15.2. The monoisotopic (exact) mass is 408 g/mol. The van der Waals surface area contributed by atoms with Gasteiger partial charge in [0.1, 0.15) is 6.72 Å². The highest BCUT2D eigenvalue weighted by atomic mass is 32.1. The minimum Gasteiger partial charge on any atom is -0.656 e. The number of pyridine rings is 1. The highest BCUT2D eigenvalue weighted by Crippen LogP contribution is 2.38. The number of thiophene rings is 1. The van der Waals surface area contributed by atoms with Gasteiger partial charge in [0.25, 0.3) is 0 Å². The van der Waals surface area contributed by atoms with Crippen LogP contribution in [0.1, 0.15) is 31.2 Å². The summed E-state index contributed by atoms with van der Waals surface area (Å²) in [6.45, 7) is 11.1. The van der Waals surface area contributed by atoms with Crippen molar-refractivity contribution in [1.82, 2.24) is 0 Å². The van der Waals surface area contributed by atoms with Crippen molar-refractivity contribution in [2.45, 2.75) is 26.2 Å². The van der Waals surface area contributed by atoms with Crippen molar-refractivity contribution in [3.05, 3.63) is 99.9 Å². The molecule has 0 spiro atoms. The zero-order valence-electron chi connectivity index (χ0n) is 17.5. The molecule has 0 amide bonds. The van der Waals surface area contributed by atoms with Crippen LogP contribution in [0.2, 0.25) is 0 Å². The first-order valence-electron chi connectivity index (χ1n) is 10.1. The van der Waals surface area contributed by atoms with Gasteiger partial charge in [-0.1, -0.05) is 57.2 Å². The van der Waals surface area contributed by atoms with Gasteiger partial charge in [-0.05, 0) is 50.6 Å². The summed E-state index contributed by atoms with van der Waals surface area (Å²) in [5.41, 5.74) is 5.68. The third-order valence-electron chi connectivity index (χ3n) is 5.60. The molecule has 30 heavy (non-hydrogen) atoms. The lowest BCUT2D eigenvalue weighted by Gasteiger charge is -2.27. The molecule has 1 aliphatic rings. The Morgan fingerprint density at radius 3 is 2.63 bits per heavy atom. The molecule has 2 nitrogen and oxygen atoms in total. The summed E-state index contributed by atoms with van der Waals surface area (Å²) in [6, 6.07) is 19.6. The molecule has 148 valence electrons. The Bertz CT molecular complexity index is 1420.